The summed E-state index contributed by atoms with van der Waals surface area (Å²) in [6.07, 6.45) is 2.57. The van der Waals surface area contributed by atoms with E-state index in [4.69, 9.17) is 5.73 Å². The van der Waals surface area contributed by atoms with Crippen LogP contribution in [-0.2, 0) is 6.42 Å². The maximum Gasteiger partial charge on any atom is 0.126 e. The van der Waals surface area contributed by atoms with E-state index in [2.05, 4.69) is 20.7 Å². The van der Waals surface area contributed by atoms with Crippen LogP contribution in [0.5, 0.6) is 0 Å². The summed E-state index contributed by atoms with van der Waals surface area (Å²) in [5, 5.41) is 6.45. The first kappa shape index (κ1) is 10.9. The van der Waals surface area contributed by atoms with E-state index in [0.29, 0.717) is 5.69 Å². The Kier molecular flexibility index (Phi) is 3.36. The normalized spacial score (nSPS) is 10.3. The number of nitrogens with one attached hydrogen (secondary N) is 1. The third-order valence-corrected chi connectivity index (χ3v) is 3.12. The van der Waals surface area contributed by atoms with Gasteiger partial charge in [0, 0.05) is 24.0 Å². The molecule has 2 aromatic rings. The Morgan fingerprint density at radius 3 is 2.94 bits per heavy atom. The number of rotatable bonds is 4. The van der Waals surface area contributed by atoms with Crippen molar-refractivity contribution in [2.24, 2.45) is 0 Å². The molecule has 4 nitrogen and oxygen atoms in total. The zero-order chi connectivity index (χ0) is 11.4. The van der Waals surface area contributed by atoms with Crippen molar-refractivity contribution < 1.29 is 0 Å². The Bertz CT molecular complexity index is 449. The lowest BCUT2D eigenvalue weighted by Gasteiger charge is -2.03. The van der Waals surface area contributed by atoms with Crippen LogP contribution >= 0.6 is 11.3 Å². The van der Waals surface area contributed by atoms with E-state index in [0.717, 1.165) is 29.5 Å². The number of anilines is 2. The van der Waals surface area contributed by atoms with Crippen molar-refractivity contribution in [3.05, 3.63) is 34.4 Å². The second-order valence-electron chi connectivity index (χ2n) is 3.54. The van der Waals surface area contributed by atoms with Crippen molar-refractivity contribution in [2.45, 2.75) is 13.3 Å². The molecular formula is C11H14N4S. The summed E-state index contributed by atoms with van der Waals surface area (Å²) in [5.41, 5.74) is 7.32. The van der Waals surface area contributed by atoms with E-state index in [1.54, 1.807) is 17.5 Å². The lowest BCUT2D eigenvalue weighted by Crippen LogP contribution is -2.06. The highest BCUT2D eigenvalue weighted by Gasteiger charge is 1.98. The third kappa shape index (κ3) is 2.93. The van der Waals surface area contributed by atoms with Crippen molar-refractivity contribution in [1.82, 2.24) is 9.97 Å². The number of hydrogen-bond acceptors (Lipinski definition) is 5. The molecule has 0 saturated carbocycles. The van der Waals surface area contributed by atoms with Gasteiger partial charge in [-0.3, -0.25) is 0 Å². The molecule has 0 bridgehead atoms. The second kappa shape index (κ2) is 4.94. The van der Waals surface area contributed by atoms with E-state index in [-0.39, 0.29) is 0 Å². The lowest BCUT2D eigenvalue weighted by atomic mass is 10.4. The Labute approximate surface area is 98.6 Å². The zero-order valence-corrected chi connectivity index (χ0v) is 9.92. The molecule has 2 rings (SSSR count). The molecule has 0 aliphatic heterocycles. The van der Waals surface area contributed by atoms with Crippen molar-refractivity contribution in [3.63, 3.8) is 0 Å². The van der Waals surface area contributed by atoms with Gasteiger partial charge in [-0.05, 0) is 19.1 Å². The van der Waals surface area contributed by atoms with Crippen molar-refractivity contribution >= 4 is 22.8 Å². The molecule has 0 aromatic carbocycles. The number of nitrogens with zero attached hydrogens (tertiary/aromatic N) is 2. The van der Waals surface area contributed by atoms with Crippen LogP contribution in [0.2, 0.25) is 0 Å². The van der Waals surface area contributed by atoms with Gasteiger partial charge in [0.2, 0.25) is 0 Å². The summed E-state index contributed by atoms with van der Waals surface area (Å²) in [6.45, 7) is 2.85. The van der Waals surface area contributed by atoms with Crippen LogP contribution in [0.25, 0.3) is 0 Å². The molecule has 0 spiro atoms. The number of aryl methyl sites for hydroxylation is 1. The van der Waals surface area contributed by atoms with E-state index in [1.165, 1.54) is 0 Å². The molecule has 0 aliphatic rings. The van der Waals surface area contributed by atoms with Gasteiger partial charge in [-0.1, -0.05) is 0 Å². The highest BCUT2D eigenvalue weighted by molar-refractivity contribution is 7.09. The Morgan fingerprint density at radius 1 is 1.44 bits per heavy atom. The lowest BCUT2D eigenvalue weighted by molar-refractivity contribution is 0.978. The predicted molar refractivity (Wildman–Crippen MR) is 67.7 cm³/mol. The summed E-state index contributed by atoms with van der Waals surface area (Å²) >= 11 is 1.70. The smallest absolute Gasteiger partial charge is 0.126 e. The Hall–Kier alpha value is -1.62. The minimum Gasteiger partial charge on any atom is -0.397 e. The fraction of sp³-hybridized carbons (Fsp3) is 0.273. The number of hydrogen-bond donors (Lipinski definition) is 2. The Morgan fingerprint density at radius 2 is 2.31 bits per heavy atom. The molecule has 0 unspecified atom stereocenters. The topological polar surface area (TPSA) is 63.8 Å². The van der Waals surface area contributed by atoms with E-state index < -0.39 is 0 Å². The van der Waals surface area contributed by atoms with E-state index in [1.807, 2.05) is 19.1 Å². The zero-order valence-electron chi connectivity index (χ0n) is 9.10. The van der Waals surface area contributed by atoms with Gasteiger partial charge in [-0.25, -0.2) is 9.97 Å². The first-order chi connectivity index (χ1) is 7.74. The SMILES string of the molecule is Cc1csc(CCNc2ccc(N)cn2)n1. The van der Waals surface area contributed by atoms with Crippen LogP contribution in [0.15, 0.2) is 23.7 Å². The largest absolute Gasteiger partial charge is 0.397 e. The molecule has 2 aromatic heterocycles. The average Bonchev–Trinajstić information content (AvgIpc) is 2.67. The minimum absolute atomic E-state index is 0.682. The first-order valence-corrected chi connectivity index (χ1v) is 5.98. The number of pyridine rings is 1. The Balaban J connectivity index is 1.82. The fourth-order valence-electron chi connectivity index (χ4n) is 1.32. The van der Waals surface area contributed by atoms with Gasteiger partial charge >= 0.3 is 0 Å². The highest BCUT2D eigenvalue weighted by atomic mass is 32.1. The average molecular weight is 234 g/mol. The number of nitrogen functional groups attached to an aromatic ring is 1. The van der Waals surface area contributed by atoms with E-state index >= 15 is 0 Å². The quantitative estimate of drug-likeness (QED) is 0.850. The molecule has 0 radical (unpaired) electrons. The molecule has 0 fully saturated rings. The maximum absolute atomic E-state index is 5.55. The summed E-state index contributed by atoms with van der Waals surface area (Å²) in [4.78, 5) is 8.56. The van der Waals surface area contributed by atoms with Gasteiger partial charge in [0.05, 0.1) is 16.9 Å². The predicted octanol–water partition coefficient (Wildman–Crippen LogP) is 2.08. The molecule has 16 heavy (non-hydrogen) atoms. The highest BCUT2D eigenvalue weighted by Crippen LogP contribution is 2.10. The standard InChI is InChI=1S/C11H14N4S/c1-8-7-16-11(15-8)4-5-13-10-3-2-9(12)6-14-10/h2-3,6-7H,4-5,12H2,1H3,(H,13,14). The van der Waals surface area contributed by atoms with Crippen LogP contribution < -0.4 is 11.1 Å². The molecular weight excluding hydrogens is 220 g/mol. The molecule has 0 atom stereocenters. The summed E-state index contributed by atoms with van der Waals surface area (Å²) < 4.78 is 0. The fourth-order valence-corrected chi connectivity index (χ4v) is 2.10. The van der Waals surface area contributed by atoms with Crippen LogP contribution in [0, 0.1) is 6.92 Å². The summed E-state index contributed by atoms with van der Waals surface area (Å²) in [6, 6.07) is 3.71. The molecule has 3 N–H and O–H groups in total. The van der Waals surface area contributed by atoms with Gasteiger partial charge in [-0.15, -0.1) is 11.3 Å². The second-order valence-corrected chi connectivity index (χ2v) is 4.48. The molecule has 0 aliphatic carbocycles. The van der Waals surface area contributed by atoms with Crippen LogP contribution in [-0.4, -0.2) is 16.5 Å². The number of nitrogens with two attached hydrogens (primary N) is 1. The van der Waals surface area contributed by atoms with Gasteiger partial charge in [-0.2, -0.15) is 0 Å². The van der Waals surface area contributed by atoms with Crippen molar-refractivity contribution in [2.75, 3.05) is 17.6 Å². The monoisotopic (exact) mass is 234 g/mol. The van der Waals surface area contributed by atoms with Crippen LogP contribution in [0.1, 0.15) is 10.7 Å². The van der Waals surface area contributed by atoms with E-state index in [9.17, 15) is 0 Å². The van der Waals surface area contributed by atoms with Gasteiger partial charge < -0.3 is 11.1 Å². The molecule has 84 valence electrons. The molecule has 2 heterocycles. The first-order valence-electron chi connectivity index (χ1n) is 5.10. The summed E-state index contributed by atoms with van der Waals surface area (Å²) in [5.74, 6) is 0.850. The van der Waals surface area contributed by atoms with Gasteiger partial charge in [0.25, 0.3) is 0 Å². The van der Waals surface area contributed by atoms with Crippen LogP contribution in [0.4, 0.5) is 11.5 Å². The van der Waals surface area contributed by atoms with Gasteiger partial charge in [0.1, 0.15) is 5.82 Å². The number of thiazole rings is 1. The van der Waals surface area contributed by atoms with Crippen LogP contribution in [0.3, 0.4) is 0 Å². The third-order valence-electron chi connectivity index (χ3n) is 2.10. The maximum atomic E-state index is 5.55. The molecule has 0 saturated heterocycles. The molecule has 0 amide bonds. The van der Waals surface area contributed by atoms with Gasteiger partial charge in [0.15, 0.2) is 0 Å². The summed E-state index contributed by atoms with van der Waals surface area (Å²) in [7, 11) is 0. The number of aromatic nitrogens is 2. The molecule has 5 heteroatoms. The van der Waals surface area contributed by atoms with Crippen molar-refractivity contribution in [3.8, 4) is 0 Å². The minimum atomic E-state index is 0.682. The van der Waals surface area contributed by atoms with Crippen molar-refractivity contribution in [1.29, 1.82) is 0 Å².